The summed E-state index contributed by atoms with van der Waals surface area (Å²) in [6.07, 6.45) is 3.48. The smallest absolute Gasteiger partial charge is 0.363 e. The van der Waals surface area contributed by atoms with E-state index in [4.69, 9.17) is 0 Å². The fourth-order valence-electron chi connectivity index (χ4n) is 0.972. The molecule has 0 fully saturated rings. The molecule has 0 aliphatic rings. The first-order valence-corrected chi connectivity index (χ1v) is 4.57. The van der Waals surface area contributed by atoms with Gasteiger partial charge in [0.1, 0.15) is 0 Å². The van der Waals surface area contributed by atoms with Crippen molar-refractivity contribution in [3.8, 4) is 0 Å². The molecule has 0 unspecified atom stereocenters. The molecule has 1 aromatic rings. The number of anilines is 1. The molecule has 1 heterocycles. The summed E-state index contributed by atoms with van der Waals surface area (Å²) >= 11 is 0. The Morgan fingerprint density at radius 1 is 1.60 bits per heavy atom. The molecule has 0 amide bonds. The van der Waals surface area contributed by atoms with Crippen molar-refractivity contribution in [2.45, 2.75) is 13.8 Å². The third-order valence-corrected chi connectivity index (χ3v) is 1.75. The van der Waals surface area contributed by atoms with Gasteiger partial charge in [-0.2, -0.15) is 0 Å². The average molecular weight is 207 g/mol. The van der Waals surface area contributed by atoms with E-state index in [1.807, 2.05) is 19.9 Å². The summed E-state index contributed by atoms with van der Waals surface area (Å²) in [5.41, 5.74) is 2.00. The minimum atomic E-state index is -0.514. The van der Waals surface area contributed by atoms with Gasteiger partial charge in [0.05, 0.1) is 5.69 Å². The molecule has 5 heteroatoms. The summed E-state index contributed by atoms with van der Waals surface area (Å²) < 4.78 is 0. The van der Waals surface area contributed by atoms with Crippen molar-refractivity contribution in [2.24, 2.45) is 0 Å². The van der Waals surface area contributed by atoms with Crippen LogP contribution < -0.4 is 5.32 Å². The molecule has 0 aromatic carbocycles. The van der Waals surface area contributed by atoms with Crippen molar-refractivity contribution in [1.29, 1.82) is 0 Å². The molecule has 0 atom stereocenters. The highest BCUT2D eigenvalue weighted by atomic mass is 16.6. The predicted molar refractivity (Wildman–Crippen MR) is 58.8 cm³/mol. The van der Waals surface area contributed by atoms with Gasteiger partial charge >= 0.3 is 5.82 Å². The molecule has 1 N–H and O–H groups in total. The van der Waals surface area contributed by atoms with E-state index < -0.39 is 4.92 Å². The van der Waals surface area contributed by atoms with Crippen molar-refractivity contribution in [3.63, 3.8) is 0 Å². The van der Waals surface area contributed by atoms with Crippen LogP contribution in [0.3, 0.4) is 0 Å². The van der Waals surface area contributed by atoms with Crippen LogP contribution in [0.25, 0.3) is 0 Å². The number of hydrogen-bond acceptors (Lipinski definition) is 4. The lowest BCUT2D eigenvalue weighted by atomic mass is 10.3. The zero-order valence-corrected chi connectivity index (χ0v) is 8.73. The summed E-state index contributed by atoms with van der Waals surface area (Å²) in [7, 11) is 0. The van der Waals surface area contributed by atoms with Crippen molar-refractivity contribution < 1.29 is 4.92 Å². The summed E-state index contributed by atoms with van der Waals surface area (Å²) in [4.78, 5) is 13.5. The number of rotatable bonds is 4. The van der Waals surface area contributed by atoms with Crippen LogP contribution >= 0.6 is 0 Å². The Morgan fingerprint density at radius 2 is 2.33 bits per heavy atom. The SMILES string of the molecule is CC(C)=CCNc1ccc([N+](=O)[O-])nc1. The van der Waals surface area contributed by atoms with Crippen LogP contribution in [0.2, 0.25) is 0 Å². The maximum Gasteiger partial charge on any atom is 0.363 e. The van der Waals surface area contributed by atoms with Gasteiger partial charge in [0, 0.05) is 12.6 Å². The van der Waals surface area contributed by atoms with Crippen molar-refractivity contribution >= 4 is 11.5 Å². The van der Waals surface area contributed by atoms with E-state index in [9.17, 15) is 10.1 Å². The molecular weight excluding hydrogens is 194 g/mol. The number of nitrogens with one attached hydrogen (secondary N) is 1. The maximum absolute atomic E-state index is 10.3. The monoisotopic (exact) mass is 207 g/mol. The fraction of sp³-hybridized carbons (Fsp3) is 0.300. The number of nitrogens with zero attached hydrogens (tertiary/aromatic N) is 2. The lowest BCUT2D eigenvalue weighted by Crippen LogP contribution is -2.00. The van der Waals surface area contributed by atoms with Crippen molar-refractivity contribution in [1.82, 2.24) is 4.98 Å². The number of hydrogen-bond donors (Lipinski definition) is 1. The quantitative estimate of drug-likeness (QED) is 0.467. The molecule has 0 aliphatic heterocycles. The van der Waals surface area contributed by atoms with Crippen LogP contribution in [-0.4, -0.2) is 16.5 Å². The standard InChI is InChI=1S/C10H13N3O2/c1-8(2)5-6-11-9-3-4-10(12-7-9)13(14)15/h3-5,7,11H,6H2,1-2H3. The van der Waals surface area contributed by atoms with Crippen LogP contribution in [0.5, 0.6) is 0 Å². The number of aromatic nitrogens is 1. The van der Waals surface area contributed by atoms with Gasteiger partial charge in [-0.1, -0.05) is 11.6 Å². The first-order valence-electron chi connectivity index (χ1n) is 4.57. The fourth-order valence-corrected chi connectivity index (χ4v) is 0.972. The van der Waals surface area contributed by atoms with Crippen molar-refractivity contribution in [2.75, 3.05) is 11.9 Å². The lowest BCUT2D eigenvalue weighted by Gasteiger charge is -2.00. The Balaban J connectivity index is 2.57. The maximum atomic E-state index is 10.3. The number of allylic oxidation sites excluding steroid dienone is 1. The van der Waals surface area contributed by atoms with E-state index in [0.717, 1.165) is 5.69 Å². The van der Waals surface area contributed by atoms with E-state index in [-0.39, 0.29) is 5.82 Å². The molecule has 1 aromatic heterocycles. The second kappa shape index (κ2) is 5.09. The van der Waals surface area contributed by atoms with E-state index >= 15 is 0 Å². The van der Waals surface area contributed by atoms with Gasteiger partial charge in [0.2, 0.25) is 0 Å². The van der Waals surface area contributed by atoms with E-state index in [2.05, 4.69) is 10.3 Å². The lowest BCUT2D eigenvalue weighted by molar-refractivity contribution is -0.389. The molecule has 80 valence electrons. The Kier molecular flexibility index (Phi) is 3.79. The van der Waals surface area contributed by atoms with Gasteiger partial charge in [-0.25, -0.2) is 0 Å². The van der Waals surface area contributed by atoms with Crippen molar-refractivity contribution in [3.05, 3.63) is 40.1 Å². The van der Waals surface area contributed by atoms with Gasteiger partial charge in [0.25, 0.3) is 0 Å². The summed E-state index contributed by atoms with van der Waals surface area (Å²) in [5, 5.41) is 13.4. The zero-order valence-electron chi connectivity index (χ0n) is 8.73. The minimum Gasteiger partial charge on any atom is -0.379 e. The normalized spacial score (nSPS) is 9.47. The predicted octanol–water partition coefficient (Wildman–Crippen LogP) is 2.37. The third-order valence-electron chi connectivity index (χ3n) is 1.75. The average Bonchev–Trinajstić information content (AvgIpc) is 2.18. The molecule has 5 nitrogen and oxygen atoms in total. The van der Waals surface area contributed by atoms with Crippen LogP contribution in [-0.2, 0) is 0 Å². The van der Waals surface area contributed by atoms with Gasteiger partial charge in [-0.3, -0.25) is 0 Å². The summed E-state index contributed by atoms with van der Waals surface area (Å²) in [6, 6.07) is 3.02. The van der Waals surface area contributed by atoms with Gasteiger partial charge in [0.15, 0.2) is 6.20 Å². The van der Waals surface area contributed by atoms with Gasteiger partial charge in [-0.15, -0.1) is 0 Å². The molecule has 0 radical (unpaired) electrons. The number of nitro groups is 1. The van der Waals surface area contributed by atoms with Crippen LogP contribution in [0.4, 0.5) is 11.5 Å². The zero-order chi connectivity index (χ0) is 11.3. The van der Waals surface area contributed by atoms with E-state index in [1.54, 1.807) is 6.07 Å². The molecule has 0 bridgehead atoms. The Hall–Kier alpha value is -1.91. The van der Waals surface area contributed by atoms with Crippen LogP contribution in [0.15, 0.2) is 30.0 Å². The largest absolute Gasteiger partial charge is 0.379 e. The highest BCUT2D eigenvalue weighted by molar-refractivity contribution is 5.43. The first kappa shape index (κ1) is 11.2. The second-order valence-electron chi connectivity index (χ2n) is 3.32. The number of pyridine rings is 1. The molecule has 0 saturated heterocycles. The highest BCUT2D eigenvalue weighted by Gasteiger charge is 2.04. The summed E-state index contributed by atoms with van der Waals surface area (Å²) in [5.74, 6) is -0.136. The molecule has 0 aliphatic carbocycles. The minimum absolute atomic E-state index is 0.136. The molecular formula is C10H13N3O2. The van der Waals surface area contributed by atoms with E-state index in [0.29, 0.717) is 6.54 Å². The van der Waals surface area contributed by atoms with Crippen LogP contribution in [0, 0.1) is 10.1 Å². The highest BCUT2D eigenvalue weighted by Crippen LogP contribution is 2.10. The Labute approximate surface area is 88.0 Å². The Bertz CT molecular complexity index is 367. The molecule has 0 spiro atoms. The molecule has 0 saturated carbocycles. The molecule has 15 heavy (non-hydrogen) atoms. The van der Waals surface area contributed by atoms with Gasteiger partial charge in [-0.05, 0) is 29.8 Å². The van der Waals surface area contributed by atoms with Crippen LogP contribution in [0.1, 0.15) is 13.8 Å². The second-order valence-corrected chi connectivity index (χ2v) is 3.32. The Morgan fingerprint density at radius 3 is 2.80 bits per heavy atom. The van der Waals surface area contributed by atoms with E-state index in [1.165, 1.54) is 17.8 Å². The summed E-state index contributed by atoms with van der Waals surface area (Å²) in [6.45, 7) is 4.72. The third kappa shape index (κ3) is 3.76. The topological polar surface area (TPSA) is 68.1 Å². The van der Waals surface area contributed by atoms with Gasteiger partial charge < -0.3 is 15.4 Å². The first-order chi connectivity index (χ1) is 7.09. The molecule has 1 rings (SSSR count).